The van der Waals surface area contributed by atoms with Gasteiger partial charge in [0.15, 0.2) is 0 Å². The van der Waals surface area contributed by atoms with Crippen LogP contribution in [-0.4, -0.2) is 13.2 Å². The highest BCUT2D eigenvalue weighted by atomic mass is 31.2. The van der Waals surface area contributed by atoms with Crippen molar-refractivity contribution < 1.29 is 13.6 Å². The number of benzene rings is 1. The first-order chi connectivity index (χ1) is 11.9. The minimum Gasteiger partial charge on any atom is -0.426 e. The molecule has 0 unspecified atom stereocenters. The molecule has 0 spiro atoms. The van der Waals surface area contributed by atoms with Gasteiger partial charge in [-0.15, -0.1) is 0 Å². The smallest absolute Gasteiger partial charge is 0.397 e. The van der Waals surface area contributed by atoms with Gasteiger partial charge in [-0.1, -0.05) is 52.7 Å². The molecule has 0 atom stereocenters. The Kier molecular flexibility index (Phi) is 7.73. The summed E-state index contributed by atoms with van der Waals surface area (Å²) < 4.78 is 18.2. The predicted octanol–water partition coefficient (Wildman–Crippen LogP) is 6.74. The summed E-state index contributed by atoms with van der Waals surface area (Å²) in [6, 6.07) is 4.47. The Hall–Kier alpha value is -0.630. The van der Waals surface area contributed by atoms with Crippen molar-refractivity contribution in [2.24, 2.45) is 11.3 Å². The second kappa shape index (κ2) is 9.35. The fourth-order valence-corrected chi connectivity index (χ4v) is 4.81. The Labute approximate surface area is 155 Å². The Bertz CT molecular complexity index is 525. The number of aryl methyl sites for hydroxylation is 2. The van der Waals surface area contributed by atoms with E-state index < -0.39 is 8.60 Å². The molecule has 1 aliphatic rings. The minimum atomic E-state index is -1.29. The molecule has 142 valence electrons. The predicted molar refractivity (Wildman–Crippen MR) is 106 cm³/mol. The standard InChI is InChI=1S/C21H35O3P/c1-7-9-10-21(8-2)14-22-25(23-15-21)24-20-17(5)12-19(11-16(3)4)13-18(20)6/h12-13,16H,7-11,14-15H2,1-6H3. The van der Waals surface area contributed by atoms with Gasteiger partial charge in [0, 0.05) is 5.41 Å². The zero-order valence-corrected chi connectivity index (χ0v) is 17.7. The van der Waals surface area contributed by atoms with Gasteiger partial charge < -0.3 is 13.6 Å². The van der Waals surface area contributed by atoms with Crippen LogP contribution in [0.4, 0.5) is 0 Å². The molecule has 25 heavy (non-hydrogen) atoms. The van der Waals surface area contributed by atoms with Gasteiger partial charge in [0.1, 0.15) is 5.75 Å². The SMILES string of the molecule is CCCCC1(CC)COP(Oc2c(C)cc(CC(C)C)cc2C)OC1. The summed E-state index contributed by atoms with van der Waals surface area (Å²) in [5.41, 5.74) is 3.89. The van der Waals surface area contributed by atoms with Crippen molar-refractivity contribution in [1.82, 2.24) is 0 Å². The molecule has 0 aromatic heterocycles. The van der Waals surface area contributed by atoms with E-state index in [1.807, 2.05) is 0 Å². The van der Waals surface area contributed by atoms with Gasteiger partial charge in [-0.3, -0.25) is 0 Å². The van der Waals surface area contributed by atoms with Crippen LogP contribution in [0.3, 0.4) is 0 Å². The van der Waals surface area contributed by atoms with E-state index in [0.717, 1.165) is 31.8 Å². The van der Waals surface area contributed by atoms with Crippen LogP contribution in [0.1, 0.15) is 70.1 Å². The van der Waals surface area contributed by atoms with Gasteiger partial charge in [0.25, 0.3) is 0 Å². The lowest BCUT2D eigenvalue weighted by atomic mass is 9.82. The van der Waals surface area contributed by atoms with Crippen molar-refractivity contribution in [2.75, 3.05) is 13.2 Å². The van der Waals surface area contributed by atoms with Crippen molar-refractivity contribution >= 4 is 8.60 Å². The van der Waals surface area contributed by atoms with Crippen LogP contribution in [-0.2, 0) is 15.5 Å². The average Bonchev–Trinajstić information content (AvgIpc) is 2.57. The lowest BCUT2D eigenvalue weighted by Crippen LogP contribution is -2.34. The molecule has 1 aromatic carbocycles. The maximum Gasteiger partial charge on any atom is 0.397 e. The van der Waals surface area contributed by atoms with Crippen LogP contribution in [0.5, 0.6) is 5.75 Å². The first-order valence-corrected chi connectivity index (χ1v) is 10.8. The minimum absolute atomic E-state index is 0.170. The molecule has 1 fully saturated rings. The van der Waals surface area contributed by atoms with Crippen LogP contribution in [0, 0.1) is 25.2 Å². The van der Waals surface area contributed by atoms with E-state index in [1.165, 1.54) is 36.0 Å². The maximum atomic E-state index is 6.14. The van der Waals surface area contributed by atoms with Crippen molar-refractivity contribution in [3.63, 3.8) is 0 Å². The van der Waals surface area contributed by atoms with Crippen molar-refractivity contribution in [2.45, 2.75) is 73.6 Å². The van der Waals surface area contributed by atoms with Crippen LogP contribution in [0.2, 0.25) is 0 Å². The summed E-state index contributed by atoms with van der Waals surface area (Å²) in [6.07, 6.45) is 5.81. The molecule has 0 saturated carbocycles. The van der Waals surface area contributed by atoms with Gasteiger partial charge in [-0.25, -0.2) is 0 Å². The summed E-state index contributed by atoms with van der Waals surface area (Å²) in [5.74, 6) is 1.58. The number of hydrogen-bond acceptors (Lipinski definition) is 3. The zero-order valence-electron chi connectivity index (χ0n) is 16.9. The molecule has 0 aliphatic carbocycles. The second-order valence-electron chi connectivity index (χ2n) is 7.98. The molecule has 0 N–H and O–H groups in total. The van der Waals surface area contributed by atoms with Crippen LogP contribution in [0.25, 0.3) is 0 Å². The van der Waals surface area contributed by atoms with Gasteiger partial charge >= 0.3 is 8.60 Å². The van der Waals surface area contributed by atoms with Gasteiger partial charge in [-0.05, 0) is 55.7 Å². The van der Waals surface area contributed by atoms with Crippen LogP contribution in [0.15, 0.2) is 12.1 Å². The molecule has 4 heteroatoms. The largest absolute Gasteiger partial charge is 0.426 e. The summed E-state index contributed by atoms with van der Waals surface area (Å²) in [5, 5.41) is 0. The van der Waals surface area contributed by atoms with E-state index in [0.29, 0.717) is 5.92 Å². The molecule has 2 rings (SSSR count). The summed E-state index contributed by atoms with van der Waals surface area (Å²) in [7, 11) is -1.29. The molecule has 0 radical (unpaired) electrons. The first-order valence-electron chi connectivity index (χ1n) is 9.73. The third-order valence-electron chi connectivity index (χ3n) is 5.09. The third-order valence-corrected chi connectivity index (χ3v) is 6.10. The van der Waals surface area contributed by atoms with Gasteiger partial charge in [0.2, 0.25) is 0 Å². The Balaban J connectivity index is 1.99. The molecule has 1 saturated heterocycles. The van der Waals surface area contributed by atoms with E-state index in [1.54, 1.807) is 0 Å². The highest BCUT2D eigenvalue weighted by molar-refractivity contribution is 7.42. The average molecular weight is 366 g/mol. The van der Waals surface area contributed by atoms with E-state index >= 15 is 0 Å². The Morgan fingerprint density at radius 3 is 2.20 bits per heavy atom. The summed E-state index contributed by atoms with van der Waals surface area (Å²) in [6.45, 7) is 14.7. The van der Waals surface area contributed by atoms with Crippen molar-refractivity contribution in [3.05, 3.63) is 28.8 Å². The van der Waals surface area contributed by atoms with E-state index in [4.69, 9.17) is 13.6 Å². The highest BCUT2D eigenvalue weighted by Crippen LogP contribution is 2.50. The lowest BCUT2D eigenvalue weighted by molar-refractivity contribution is 0.00798. The number of rotatable bonds is 8. The summed E-state index contributed by atoms with van der Waals surface area (Å²) in [4.78, 5) is 0. The maximum absolute atomic E-state index is 6.14. The van der Waals surface area contributed by atoms with Crippen LogP contribution >= 0.6 is 8.60 Å². The van der Waals surface area contributed by atoms with Crippen molar-refractivity contribution in [3.8, 4) is 5.75 Å². The Morgan fingerprint density at radius 2 is 1.72 bits per heavy atom. The number of hydrogen-bond donors (Lipinski definition) is 0. The molecule has 3 nitrogen and oxygen atoms in total. The monoisotopic (exact) mass is 366 g/mol. The lowest BCUT2D eigenvalue weighted by Gasteiger charge is -2.38. The van der Waals surface area contributed by atoms with Gasteiger partial charge in [0.05, 0.1) is 13.2 Å². The molecule has 1 aliphatic heterocycles. The fraction of sp³-hybridized carbons (Fsp3) is 0.714. The zero-order chi connectivity index (χ0) is 18.4. The quantitative estimate of drug-likeness (QED) is 0.477. The number of unbranched alkanes of at least 4 members (excludes halogenated alkanes) is 1. The fourth-order valence-electron chi connectivity index (χ4n) is 3.44. The molecule has 1 heterocycles. The van der Waals surface area contributed by atoms with E-state index in [9.17, 15) is 0 Å². The molecular weight excluding hydrogens is 331 g/mol. The third kappa shape index (κ3) is 5.67. The molecule has 1 aromatic rings. The summed E-state index contributed by atoms with van der Waals surface area (Å²) >= 11 is 0. The Morgan fingerprint density at radius 1 is 1.12 bits per heavy atom. The normalized spacial score (nSPS) is 23.9. The van der Waals surface area contributed by atoms with Crippen molar-refractivity contribution in [1.29, 1.82) is 0 Å². The molecule has 0 bridgehead atoms. The first kappa shape index (κ1) is 20.7. The highest BCUT2D eigenvalue weighted by Gasteiger charge is 2.37. The second-order valence-corrected chi connectivity index (χ2v) is 9.12. The van der Waals surface area contributed by atoms with Gasteiger partial charge in [-0.2, -0.15) is 0 Å². The van der Waals surface area contributed by atoms with E-state index in [-0.39, 0.29) is 5.41 Å². The topological polar surface area (TPSA) is 27.7 Å². The molecule has 0 amide bonds. The molecular formula is C21H35O3P. The van der Waals surface area contributed by atoms with E-state index in [2.05, 4.69) is 53.7 Å². The van der Waals surface area contributed by atoms with Crippen LogP contribution < -0.4 is 4.52 Å².